The number of rotatable bonds is 13. The van der Waals surface area contributed by atoms with Crippen molar-refractivity contribution in [3.63, 3.8) is 0 Å². The molecular formula is C34H40N3O2P3S2+2. The van der Waals surface area contributed by atoms with Crippen molar-refractivity contribution >= 4 is 66.5 Å². The van der Waals surface area contributed by atoms with Gasteiger partial charge in [-0.05, 0) is 67.9 Å². The van der Waals surface area contributed by atoms with E-state index in [0.717, 1.165) is 33.0 Å². The molecule has 0 radical (unpaired) electrons. The predicted molar refractivity (Wildman–Crippen MR) is 199 cm³/mol. The molecule has 3 atom stereocenters. The molecule has 0 aromatic heterocycles. The van der Waals surface area contributed by atoms with E-state index in [1.54, 1.807) is 0 Å². The molecule has 0 aliphatic carbocycles. The van der Waals surface area contributed by atoms with Crippen molar-refractivity contribution in [2.45, 2.75) is 45.6 Å². The summed E-state index contributed by atoms with van der Waals surface area (Å²) in [6, 6.07) is 37.5. The summed E-state index contributed by atoms with van der Waals surface area (Å²) in [6.45, 7) is 8.19. The van der Waals surface area contributed by atoms with E-state index < -0.39 is 26.1 Å². The fraction of sp³-hybridized carbons (Fsp3) is 0.265. The Morgan fingerprint density at radius 3 is 1.80 bits per heavy atom. The van der Waals surface area contributed by atoms with Gasteiger partial charge < -0.3 is 9.47 Å². The van der Waals surface area contributed by atoms with Crippen molar-refractivity contribution in [3.05, 3.63) is 115 Å². The molecule has 4 rings (SSSR count). The van der Waals surface area contributed by atoms with E-state index >= 15 is 0 Å². The summed E-state index contributed by atoms with van der Waals surface area (Å²) in [6.07, 6.45) is 2.62. The van der Waals surface area contributed by atoms with Crippen LogP contribution in [0.25, 0.3) is 0 Å². The van der Waals surface area contributed by atoms with Gasteiger partial charge in [-0.25, -0.2) is 0 Å². The predicted octanol–water partition coefficient (Wildman–Crippen LogP) is 8.77. The standard InChI is InChI=1S/C34H40N3O2P3S2/c1-7-34(4,39-30-20-18-28(19-21-30)26-35-37(5)40(6)43)41(44)36-42(31-14-10-8-11-15-31,32-16-12-9-13-17-32)33-24-22-29(23-25-33)38-27(2)3/h8-27H,7H2,1-6H3/q+2/t34-/m0/s1. The molecule has 0 saturated heterocycles. The Morgan fingerprint density at radius 2 is 1.32 bits per heavy atom. The van der Waals surface area contributed by atoms with E-state index in [1.807, 2.05) is 87.1 Å². The summed E-state index contributed by atoms with van der Waals surface area (Å²) in [5, 5.41) is 7.22. The molecule has 0 saturated carbocycles. The average Bonchev–Trinajstić information content (AvgIpc) is 3.04. The van der Waals surface area contributed by atoms with Crippen LogP contribution < -0.4 is 25.4 Å². The molecule has 5 nitrogen and oxygen atoms in total. The van der Waals surface area contributed by atoms with Crippen molar-refractivity contribution in [1.82, 2.24) is 4.78 Å². The van der Waals surface area contributed by atoms with Gasteiger partial charge in [0, 0.05) is 29.3 Å². The Balaban J connectivity index is 1.81. The number of benzene rings is 4. The fourth-order valence-electron chi connectivity index (χ4n) is 4.46. The van der Waals surface area contributed by atoms with Gasteiger partial charge >= 0.3 is 13.7 Å². The highest BCUT2D eigenvalue weighted by atomic mass is 32.4. The molecule has 0 N–H and O–H groups in total. The molecule has 0 heterocycles. The summed E-state index contributed by atoms with van der Waals surface area (Å²) >= 11 is 11.7. The lowest BCUT2D eigenvalue weighted by molar-refractivity contribution is 0.177. The van der Waals surface area contributed by atoms with Gasteiger partial charge in [-0.2, -0.15) is 0 Å². The third-order valence-electron chi connectivity index (χ3n) is 7.12. The highest BCUT2D eigenvalue weighted by molar-refractivity contribution is 8.08. The molecule has 0 aliphatic rings. The quantitative estimate of drug-likeness (QED) is 0.0804. The van der Waals surface area contributed by atoms with Gasteiger partial charge in [-0.15, -0.1) is 9.88 Å². The Hall–Kier alpha value is -2.78. The lowest BCUT2D eigenvalue weighted by atomic mass is 10.2. The van der Waals surface area contributed by atoms with Crippen LogP contribution in [0.3, 0.4) is 0 Å². The van der Waals surface area contributed by atoms with Gasteiger partial charge in [0.05, 0.1) is 19.4 Å². The number of ether oxygens (including phenoxy) is 2. The van der Waals surface area contributed by atoms with Crippen molar-refractivity contribution in [2.75, 3.05) is 13.7 Å². The maximum absolute atomic E-state index is 6.71. The van der Waals surface area contributed by atoms with Crippen LogP contribution in [0.15, 0.2) is 119 Å². The van der Waals surface area contributed by atoms with E-state index in [9.17, 15) is 0 Å². The summed E-state index contributed by atoms with van der Waals surface area (Å²) in [5.41, 5.74) is 0.975. The molecule has 2 unspecified atom stereocenters. The van der Waals surface area contributed by atoms with E-state index in [-0.39, 0.29) is 6.10 Å². The molecule has 44 heavy (non-hydrogen) atoms. The van der Waals surface area contributed by atoms with Crippen LogP contribution in [0.5, 0.6) is 11.5 Å². The van der Waals surface area contributed by atoms with Crippen LogP contribution in [0.1, 0.15) is 39.7 Å². The van der Waals surface area contributed by atoms with Gasteiger partial charge in [0.2, 0.25) is 0 Å². The second kappa shape index (κ2) is 15.5. The molecule has 0 fully saturated rings. The fourth-order valence-corrected chi connectivity index (χ4v) is 12.4. The summed E-state index contributed by atoms with van der Waals surface area (Å²) in [4.78, 5) is 0. The monoisotopic (exact) mass is 679 g/mol. The van der Waals surface area contributed by atoms with Crippen LogP contribution in [-0.2, 0) is 23.6 Å². The molecule has 0 amide bonds. The van der Waals surface area contributed by atoms with Gasteiger partial charge in [0.15, 0.2) is 23.6 Å². The zero-order chi connectivity index (χ0) is 31.7. The second-order valence-electron chi connectivity index (χ2n) is 10.7. The van der Waals surface area contributed by atoms with E-state index in [0.29, 0.717) is 6.42 Å². The highest BCUT2D eigenvalue weighted by Gasteiger charge is 2.45. The Kier molecular flexibility index (Phi) is 12.0. The Labute approximate surface area is 274 Å². The average molecular weight is 680 g/mol. The smallest absolute Gasteiger partial charge is 0.364 e. The van der Waals surface area contributed by atoms with Crippen LogP contribution in [0.2, 0.25) is 0 Å². The minimum atomic E-state index is -2.53. The highest BCUT2D eigenvalue weighted by Crippen LogP contribution is 2.57. The first-order valence-corrected chi connectivity index (χ1v) is 21.3. The first-order chi connectivity index (χ1) is 21.1. The molecule has 10 heteroatoms. The van der Waals surface area contributed by atoms with Gasteiger partial charge in [-0.1, -0.05) is 72.1 Å². The summed E-state index contributed by atoms with van der Waals surface area (Å²) in [7, 11) is -0.628. The first-order valence-electron chi connectivity index (χ1n) is 14.5. The third kappa shape index (κ3) is 8.27. The molecule has 0 aliphatic heterocycles. The SMILES string of the molecule is CC[C@@](C)(Oc1ccc(C=NN(C)[P+](C)=S)cc1)[P+](=S)N=P(c1ccccc1)(c1ccccc1)c1ccc(OC(C)C)cc1. The normalized spacial score (nSPS) is 13.7. The second-order valence-corrected chi connectivity index (χ2v) is 19.9. The topological polar surface area (TPSA) is 46.4 Å². The van der Waals surface area contributed by atoms with Crippen molar-refractivity contribution in [2.24, 2.45) is 9.62 Å². The summed E-state index contributed by atoms with van der Waals surface area (Å²) in [5.74, 6) is 1.59. The van der Waals surface area contributed by atoms with Gasteiger partial charge in [0.1, 0.15) is 25.2 Å². The van der Waals surface area contributed by atoms with Gasteiger partial charge in [-0.3, -0.25) is 0 Å². The minimum Gasteiger partial charge on any atom is -0.491 e. The van der Waals surface area contributed by atoms with Crippen molar-refractivity contribution < 1.29 is 9.47 Å². The largest absolute Gasteiger partial charge is 0.491 e. The Bertz CT molecular complexity index is 1610. The summed E-state index contributed by atoms with van der Waals surface area (Å²) < 4.78 is 20.2. The molecule has 0 spiro atoms. The number of hydrazone groups is 1. The van der Waals surface area contributed by atoms with E-state index in [4.69, 9.17) is 37.6 Å². The van der Waals surface area contributed by atoms with Crippen LogP contribution in [0.4, 0.5) is 0 Å². The van der Waals surface area contributed by atoms with E-state index in [2.05, 4.69) is 79.6 Å². The lowest BCUT2D eigenvalue weighted by Gasteiger charge is -2.26. The maximum Gasteiger partial charge on any atom is 0.364 e. The molecule has 4 aromatic rings. The number of hydrogen-bond donors (Lipinski definition) is 0. The van der Waals surface area contributed by atoms with Crippen LogP contribution >= 0.6 is 20.7 Å². The van der Waals surface area contributed by atoms with Crippen LogP contribution in [0, 0.1) is 0 Å². The Morgan fingerprint density at radius 1 is 0.818 bits per heavy atom. The number of hydrogen-bond acceptors (Lipinski definition) is 5. The zero-order valence-corrected chi connectivity index (χ0v) is 30.4. The van der Waals surface area contributed by atoms with Crippen molar-refractivity contribution in [3.8, 4) is 11.5 Å². The minimum absolute atomic E-state index is 0.0928. The van der Waals surface area contributed by atoms with Crippen LogP contribution in [-0.4, -0.2) is 36.2 Å². The number of nitrogens with zero attached hydrogens (tertiary/aromatic N) is 3. The van der Waals surface area contributed by atoms with E-state index in [1.165, 1.54) is 0 Å². The van der Waals surface area contributed by atoms with Gasteiger partial charge in [0.25, 0.3) is 5.34 Å². The molecule has 228 valence electrons. The zero-order valence-electron chi connectivity index (χ0n) is 26.1. The molecular weight excluding hydrogens is 639 g/mol. The molecule has 0 bridgehead atoms. The first kappa shape index (κ1) is 34.1. The van der Waals surface area contributed by atoms with Crippen molar-refractivity contribution in [1.29, 1.82) is 0 Å². The lowest BCUT2D eigenvalue weighted by Crippen LogP contribution is -2.28. The molecule has 4 aromatic carbocycles. The third-order valence-corrected chi connectivity index (χ3v) is 16.6. The maximum atomic E-state index is 6.71.